The molecule has 2 aromatic rings. The number of aromatic nitrogens is 4. The van der Waals surface area contributed by atoms with E-state index in [1.54, 1.807) is 7.11 Å². The molecular weight excluding hydrogens is 274 g/mol. The highest BCUT2D eigenvalue weighted by Crippen LogP contribution is 2.21. The zero-order chi connectivity index (χ0) is 14.8. The maximum Gasteiger partial charge on any atom is 0.330 e. The van der Waals surface area contributed by atoms with Crippen molar-refractivity contribution < 1.29 is 4.74 Å². The molecule has 0 aromatic carbocycles. The Balaban J connectivity index is 2.04. The molecule has 1 aliphatic heterocycles. The molecule has 0 saturated carbocycles. The van der Waals surface area contributed by atoms with Crippen LogP contribution in [0, 0.1) is 0 Å². The van der Waals surface area contributed by atoms with Gasteiger partial charge in [-0.3, -0.25) is 14.3 Å². The number of nitrogens with one attached hydrogen (secondary N) is 3. The fourth-order valence-electron chi connectivity index (χ4n) is 2.72. The van der Waals surface area contributed by atoms with Crippen LogP contribution in [0.5, 0.6) is 0 Å². The van der Waals surface area contributed by atoms with Crippen molar-refractivity contribution >= 4 is 11.2 Å². The van der Waals surface area contributed by atoms with Crippen LogP contribution in [0.4, 0.5) is 0 Å². The summed E-state index contributed by atoms with van der Waals surface area (Å²) in [6.07, 6.45) is 2.74. The Morgan fingerprint density at radius 1 is 1.38 bits per heavy atom. The number of hydrogen-bond donors (Lipinski definition) is 3. The molecule has 0 aliphatic carbocycles. The van der Waals surface area contributed by atoms with E-state index in [1.807, 2.05) is 0 Å². The van der Waals surface area contributed by atoms with Crippen molar-refractivity contribution in [2.24, 2.45) is 0 Å². The molecule has 1 aliphatic rings. The van der Waals surface area contributed by atoms with Crippen molar-refractivity contribution in [2.75, 3.05) is 20.3 Å². The zero-order valence-corrected chi connectivity index (χ0v) is 11.9. The molecule has 0 amide bonds. The van der Waals surface area contributed by atoms with Crippen LogP contribution in [0.25, 0.3) is 11.2 Å². The molecule has 0 bridgehead atoms. The van der Waals surface area contributed by atoms with E-state index in [0.717, 1.165) is 25.2 Å². The summed E-state index contributed by atoms with van der Waals surface area (Å²) in [7, 11) is 1.61. The summed E-state index contributed by atoms with van der Waals surface area (Å²) in [5.74, 6) is 0.721. The summed E-state index contributed by atoms with van der Waals surface area (Å²) in [6.45, 7) is 1.95. The minimum Gasteiger partial charge on any atom is -0.385 e. The summed E-state index contributed by atoms with van der Waals surface area (Å²) in [6, 6.07) is 0.124. The molecule has 0 spiro atoms. The molecular formula is C13H19N5O3. The maximum atomic E-state index is 12.0. The van der Waals surface area contributed by atoms with Crippen molar-refractivity contribution in [2.45, 2.75) is 31.8 Å². The van der Waals surface area contributed by atoms with Crippen LogP contribution < -0.4 is 16.6 Å². The Hall–Kier alpha value is -1.93. The van der Waals surface area contributed by atoms with Gasteiger partial charge in [0.05, 0.1) is 6.04 Å². The summed E-state index contributed by atoms with van der Waals surface area (Å²) in [4.78, 5) is 33.8. The average Bonchev–Trinajstić information content (AvgIpc) is 3.10. The largest absolute Gasteiger partial charge is 0.385 e. The third-order valence-electron chi connectivity index (χ3n) is 3.77. The Morgan fingerprint density at radius 2 is 2.24 bits per heavy atom. The third-order valence-corrected chi connectivity index (χ3v) is 3.77. The quantitative estimate of drug-likeness (QED) is 0.666. The van der Waals surface area contributed by atoms with E-state index >= 15 is 0 Å². The Labute approximate surface area is 120 Å². The number of hydrogen-bond acceptors (Lipinski definition) is 5. The summed E-state index contributed by atoms with van der Waals surface area (Å²) < 4.78 is 6.49. The molecule has 2 aromatic heterocycles. The summed E-state index contributed by atoms with van der Waals surface area (Å²) in [5, 5.41) is 3.33. The topological polar surface area (TPSA) is 105 Å². The summed E-state index contributed by atoms with van der Waals surface area (Å²) >= 11 is 0. The number of fused-ring (bicyclic) bond motifs is 1. The Kier molecular flexibility index (Phi) is 3.89. The highest BCUT2D eigenvalue weighted by Gasteiger charge is 2.21. The fraction of sp³-hybridized carbons (Fsp3) is 0.615. The van der Waals surface area contributed by atoms with Gasteiger partial charge in [0.2, 0.25) is 0 Å². The number of methoxy groups -OCH3 is 1. The second kappa shape index (κ2) is 5.82. The number of ether oxygens (including phenoxy) is 1. The van der Waals surface area contributed by atoms with Crippen LogP contribution in [0.1, 0.15) is 31.1 Å². The Morgan fingerprint density at radius 3 is 2.95 bits per heavy atom. The lowest BCUT2D eigenvalue weighted by Crippen LogP contribution is -2.30. The lowest BCUT2D eigenvalue weighted by Gasteiger charge is -2.05. The van der Waals surface area contributed by atoms with E-state index in [-0.39, 0.29) is 6.04 Å². The van der Waals surface area contributed by atoms with Gasteiger partial charge in [-0.25, -0.2) is 9.78 Å². The molecule has 3 rings (SSSR count). The minimum atomic E-state index is -0.430. The van der Waals surface area contributed by atoms with E-state index in [1.165, 1.54) is 4.57 Å². The van der Waals surface area contributed by atoms with E-state index in [0.29, 0.717) is 30.7 Å². The van der Waals surface area contributed by atoms with Crippen molar-refractivity contribution in [3.05, 3.63) is 26.7 Å². The number of nitrogens with zero attached hydrogens (tertiary/aromatic N) is 2. The van der Waals surface area contributed by atoms with Crippen LogP contribution in [-0.2, 0) is 11.3 Å². The van der Waals surface area contributed by atoms with Gasteiger partial charge in [-0.15, -0.1) is 0 Å². The van der Waals surface area contributed by atoms with Crippen LogP contribution in [0.2, 0.25) is 0 Å². The summed E-state index contributed by atoms with van der Waals surface area (Å²) in [5.41, 5.74) is -0.0740. The predicted octanol–water partition coefficient (Wildman–Crippen LogP) is -0.126. The second-order valence-electron chi connectivity index (χ2n) is 5.23. The molecule has 21 heavy (non-hydrogen) atoms. The molecule has 8 heteroatoms. The second-order valence-corrected chi connectivity index (χ2v) is 5.23. The normalized spacial score (nSPS) is 18.6. The molecule has 1 fully saturated rings. The molecule has 3 N–H and O–H groups in total. The van der Waals surface area contributed by atoms with E-state index < -0.39 is 11.2 Å². The van der Waals surface area contributed by atoms with Crippen LogP contribution in [0.3, 0.4) is 0 Å². The first kappa shape index (κ1) is 14.0. The fourth-order valence-corrected chi connectivity index (χ4v) is 2.72. The number of imidazole rings is 1. The lowest BCUT2D eigenvalue weighted by molar-refractivity contribution is 0.190. The van der Waals surface area contributed by atoms with Crippen molar-refractivity contribution in [3.63, 3.8) is 0 Å². The lowest BCUT2D eigenvalue weighted by atomic mass is 10.2. The third kappa shape index (κ3) is 2.64. The van der Waals surface area contributed by atoms with Gasteiger partial charge in [-0.05, 0) is 25.8 Å². The highest BCUT2D eigenvalue weighted by molar-refractivity contribution is 5.69. The van der Waals surface area contributed by atoms with E-state index in [4.69, 9.17) is 4.74 Å². The van der Waals surface area contributed by atoms with Crippen LogP contribution >= 0.6 is 0 Å². The van der Waals surface area contributed by atoms with Gasteiger partial charge in [0.1, 0.15) is 11.3 Å². The van der Waals surface area contributed by atoms with E-state index in [9.17, 15) is 9.59 Å². The molecule has 8 nitrogen and oxygen atoms in total. The van der Waals surface area contributed by atoms with Gasteiger partial charge in [-0.2, -0.15) is 0 Å². The Bertz CT molecular complexity index is 738. The first-order chi connectivity index (χ1) is 10.2. The van der Waals surface area contributed by atoms with Gasteiger partial charge < -0.3 is 15.0 Å². The van der Waals surface area contributed by atoms with Gasteiger partial charge in [0, 0.05) is 20.3 Å². The average molecular weight is 293 g/mol. The molecule has 1 atom stereocenters. The van der Waals surface area contributed by atoms with Crippen molar-refractivity contribution in [3.8, 4) is 0 Å². The molecule has 0 radical (unpaired) electrons. The molecule has 114 valence electrons. The standard InChI is InChI=1S/C13H19N5O3/c1-21-7-3-6-18-11-9(12(19)17-13(18)20)15-10(16-11)8-4-2-5-14-8/h8,14H,2-7H2,1H3,(H,15,16)(H,17,19,20). The first-order valence-corrected chi connectivity index (χ1v) is 7.15. The van der Waals surface area contributed by atoms with Crippen molar-refractivity contribution in [1.82, 2.24) is 24.8 Å². The molecule has 1 saturated heterocycles. The molecule has 3 heterocycles. The number of aromatic amines is 2. The maximum absolute atomic E-state index is 12.0. The molecule has 1 unspecified atom stereocenters. The zero-order valence-electron chi connectivity index (χ0n) is 11.9. The van der Waals surface area contributed by atoms with Crippen molar-refractivity contribution in [1.29, 1.82) is 0 Å². The first-order valence-electron chi connectivity index (χ1n) is 7.15. The van der Waals surface area contributed by atoms with Gasteiger partial charge in [0.15, 0.2) is 5.65 Å². The number of rotatable bonds is 5. The SMILES string of the molecule is COCCCn1c(=O)[nH]c(=O)c2[nH]c(C3CCCN3)nc21. The number of H-pyrrole nitrogens is 2. The van der Waals surface area contributed by atoms with Gasteiger partial charge >= 0.3 is 5.69 Å². The minimum absolute atomic E-state index is 0.124. The monoisotopic (exact) mass is 293 g/mol. The number of aryl methyl sites for hydroxylation is 1. The highest BCUT2D eigenvalue weighted by atomic mass is 16.5. The van der Waals surface area contributed by atoms with Crippen LogP contribution in [0.15, 0.2) is 9.59 Å². The van der Waals surface area contributed by atoms with Crippen LogP contribution in [-0.4, -0.2) is 39.8 Å². The smallest absolute Gasteiger partial charge is 0.330 e. The van der Waals surface area contributed by atoms with E-state index in [2.05, 4.69) is 20.3 Å². The predicted molar refractivity (Wildman–Crippen MR) is 77.4 cm³/mol. The van der Waals surface area contributed by atoms with Gasteiger partial charge in [0.25, 0.3) is 5.56 Å². The van der Waals surface area contributed by atoms with Gasteiger partial charge in [-0.1, -0.05) is 0 Å².